The molecule has 1 aliphatic heterocycles. The monoisotopic (exact) mass is 338 g/mol. The minimum atomic E-state index is -1.37. The molecule has 0 aliphatic carbocycles. The van der Waals surface area contributed by atoms with Crippen molar-refractivity contribution in [3.8, 4) is 28.8 Å². The molecule has 3 aromatic rings. The zero-order valence-electron chi connectivity index (χ0n) is 12.6. The maximum Gasteiger partial charge on any atom is 0.357 e. The van der Waals surface area contributed by atoms with E-state index < -0.39 is 17.2 Å². The van der Waals surface area contributed by atoms with Gasteiger partial charge >= 0.3 is 5.97 Å². The number of hydrogen-bond donors (Lipinski definition) is 2. The van der Waals surface area contributed by atoms with Crippen LogP contribution in [0.2, 0.25) is 0 Å². The highest BCUT2D eigenvalue weighted by atomic mass is 16.6. The molecule has 0 fully saturated rings. The van der Waals surface area contributed by atoms with E-state index in [2.05, 4.69) is 10.1 Å². The number of aromatic amines is 1. The Morgan fingerprint density at radius 2 is 2.08 bits per heavy atom. The molecule has 4 rings (SSSR count). The number of benzene rings is 1. The van der Waals surface area contributed by atoms with Crippen molar-refractivity contribution in [2.24, 2.45) is 0 Å². The van der Waals surface area contributed by atoms with Crippen LogP contribution in [-0.2, 0) is 0 Å². The molecule has 1 aromatic carbocycles. The van der Waals surface area contributed by atoms with Crippen LogP contribution in [0.5, 0.6) is 11.5 Å². The van der Waals surface area contributed by atoms with Gasteiger partial charge in [0.25, 0.3) is 5.56 Å². The van der Waals surface area contributed by atoms with Crippen molar-refractivity contribution in [1.82, 2.24) is 14.6 Å². The Labute approximate surface area is 139 Å². The maximum atomic E-state index is 12.4. The van der Waals surface area contributed by atoms with Crippen LogP contribution in [0.1, 0.15) is 16.1 Å². The van der Waals surface area contributed by atoms with E-state index in [1.54, 1.807) is 24.3 Å². The van der Waals surface area contributed by atoms with Gasteiger partial charge in [-0.1, -0.05) is 0 Å². The van der Waals surface area contributed by atoms with Gasteiger partial charge in [0.2, 0.25) is 0 Å². The first kappa shape index (κ1) is 14.8. The van der Waals surface area contributed by atoms with Crippen LogP contribution < -0.4 is 15.0 Å². The lowest BCUT2D eigenvalue weighted by molar-refractivity contribution is 0.0689. The van der Waals surface area contributed by atoms with Gasteiger partial charge in [0, 0.05) is 5.56 Å². The van der Waals surface area contributed by atoms with Crippen molar-refractivity contribution in [2.45, 2.75) is 0 Å². The van der Waals surface area contributed by atoms with Crippen molar-refractivity contribution in [3.05, 3.63) is 46.0 Å². The average Bonchev–Trinajstić information content (AvgIpc) is 3.00. The third kappa shape index (κ3) is 2.28. The summed E-state index contributed by atoms with van der Waals surface area (Å²) < 4.78 is 12.1. The minimum absolute atomic E-state index is 0.110. The first-order valence-corrected chi connectivity index (χ1v) is 7.27. The van der Waals surface area contributed by atoms with E-state index in [0.29, 0.717) is 36.0 Å². The van der Waals surface area contributed by atoms with Crippen LogP contribution >= 0.6 is 0 Å². The zero-order valence-corrected chi connectivity index (χ0v) is 12.6. The third-order valence-electron chi connectivity index (χ3n) is 3.79. The number of nitriles is 1. The van der Waals surface area contributed by atoms with Crippen molar-refractivity contribution in [1.29, 1.82) is 5.26 Å². The topological polar surface area (TPSA) is 130 Å². The summed E-state index contributed by atoms with van der Waals surface area (Å²) in [6, 6.07) is 6.88. The predicted molar refractivity (Wildman–Crippen MR) is 83.9 cm³/mol. The van der Waals surface area contributed by atoms with Crippen molar-refractivity contribution in [2.75, 3.05) is 13.2 Å². The number of fused-ring (bicyclic) bond motifs is 2. The normalized spacial score (nSPS) is 12.8. The number of carbonyl (C=O) groups is 1. The standard InChI is InChI=1S/C16H10N4O5/c17-6-9-13(16(22)23)19-20-7-10(18-15(21)14(9)20)8-1-2-11-12(5-8)25-4-3-24-11/h1-2,5,7H,3-4H2,(H,18,21)(H,22,23). The van der Waals surface area contributed by atoms with Gasteiger partial charge in [-0.15, -0.1) is 0 Å². The summed E-state index contributed by atoms with van der Waals surface area (Å²) in [6.45, 7) is 0.899. The minimum Gasteiger partial charge on any atom is -0.486 e. The Morgan fingerprint density at radius 1 is 1.32 bits per heavy atom. The first-order chi connectivity index (χ1) is 12.1. The van der Waals surface area contributed by atoms with E-state index in [0.717, 1.165) is 4.52 Å². The SMILES string of the molecule is N#Cc1c(C(=O)O)nn2cc(-c3ccc4c(c3)OCCO4)[nH]c(=O)c12. The average molecular weight is 338 g/mol. The smallest absolute Gasteiger partial charge is 0.357 e. The molecule has 0 saturated carbocycles. The van der Waals surface area contributed by atoms with E-state index in [9.17, 15) is 9.59 Å². The number of H-pyrrole nitrogens is 1. The molecule has 25 heavy (non-hydrogen) atoms. The highest BCUT2D eigenvalue weighted by Gasteiger charge is 2.22. The predicted octanol–water partition coefficient (Wildman–Crippen LogP) is 1.03. The van der Waals surface area contributed by atoms with Crippen LogP contribution in [0.25, 0.3) is 16.8 Å². The summed E-state index contributed by atoms with van der Waals surface area (Å²) >= 11 is 0. The Hall–Kier alpha value is -3.80. The number of hydrogen-bond acceptors (Lipinski definition) is 6. The van der Waals surface area contributed by atoms with E-state index >= 15 is 0 Å². The van der Waals surface area contributed by atoms with Crippen LogP contribution in [-0.4, -0.2) is 38.9 Å². The molecule has 0 spiro atoms. The fourth-order valence-corrected chi connectivity index (χ4v) is 2.69. The lowest BCUT2D eigenvalue weighted by Gasteiger charge is -2.18. The molecule has 0 saturated heterocycles. The summed E-state index contributed by atoms with van der Waals surface area (Å²) in [7, 11) is 0. The van der Waals surface area contributed by atoms with E-state index in [1.807, 2.05) is 0 Å². The summed E-state index contributed by atoms with van der Waals surface area (Å²) in [5.41, 5.74) is -0.424. The molecule has 124 valence electrons. The van der Waals surface area contributed by atoms with Gasteiger partial charge in [-0.2, -0.15) is 10.4 Å². The van der Waals surface area contributed by atoms with Crippen molar-refractivity contribution >= 4 is 11.5 Å². The summed E-state index contributed by atoms with van der Waals surface area (Å²) in [6.07, 6.45) is 1.45. The second-order valence-electron chi connectivity index (χ2n) is 5.29. The second-order valence-corrected chi connectivity index (χ2v) is 5.29. The molecular weight excluding hydrogens is 328 g/mol. The molecular formula is C16H10N4O5. The number of nitrogens with zero attached hydrogens (tertiary/aromatic N) is 3. The molecule has 0 radical (unpaired) electrons. The molecule has 0 unspecified atom stereocenters. The molecule has 0 bridgehead atoms. The lowest BCUT2D eigenvalue weighted by Crippen LogP contribution is -2.15. The number of ether oxygens (including phenoxy) is 2. The Morgan fingerprint density at radius 3 is 2.80 bits per heavy atom. The second kappa shape index (κ2) is 5.38. The van der Waals surface area contributed by atoms with E-state index in [1.165, 1.54) is 6.20 Å². The number of carboxylic acids is 1. The number of carboxylic acid groups (broad SMARTS) is 1. The van der Waals surface area contributed by atoms with Crippen LogP contribution in [0, 0.1) is 11.3 Å². The van der Waals surface area contributed by atoms with Crippen LogP contribution in [0.4, 0.5) is 0 Å². The maximum absolute atomic E-state index is 12.4. The van der Waals surface area contributed by atoms with Gasteiger partial charge in [-0.3, -0.25) is 4.79 Å². The molecule has 9 nitrogen and oxygen atoms in total. The molecule has 3 heterocycles. The zero-order chi connectivity index (χ0) is 17.6. The molecule has 0 amide bonds. The van der Waals surface area contributed by atoms with E-state index in [4.69, 9.17) is 19.8 Å². The third-order valence-corrected chi connectivity index (χ3v) is 3.79. The summed E-state index contributed by atoms with van der Waals surface area (Å²) in [5.74, 6) is -0.216. The fourth-order valence-electron chi connectivity index (χ4n) is 2.69. The molecule has 0 atom stereocenters. The number of aromatic carboxylic acids is 1. The molecule has 9 heteroatoms. The van der Waals surface area contributed by atoms with Gasteiger partial charge in [0.05, 0.1) is 11.9 Å². The van der Waals surface area contributed by atoms with Gasteiger partial charge < -0.3 is 19.6 Å². The Bertz CT molecular complexity index is 1120. The molecule has 2 aromatic heterocycles. The van der Waals surface area contributed by atoms with Crippen LogP contribution in [0.3, 0.4) is 0 Å². The summed E-state index contributed by atoms with van der Waals surface area (Å²) in [4.78, 5) is 26.2. The van der Waals surface area contributed by atoms with Gasteiger partial charge in [-0.05, 0) is 18.2 Å². The van der Waals surface area contributed by atoms with Crippen molar-refractivity contribution in [3.63, 3.8) is 0 Å². The molecule has 1 aliphatic rings. The van der Waals surface area contributed by atoms with Crippen LogP contribution in [0.15, 0.2) is 29.2 Å². The molecule has 2 N–H and O–H groups in total. The quantitative estimate of drug-likeness (QED) is 0.713. The van der Waals surface area contributed by atoms with Crippen molar-refractivity contribution < 1.29 is 19.4 Å². The highest BCUT2D eigenvalue weighted by Crippen LogP contribution is 2.33. The first-order valence-electron chi connectivity index (χ1n) is 7.27. The summed E-state index contributed by atoms with van der Waals surface area (Å²) in [5, 5.41) is 22.1. The van der Waals surface area contributed by atoms with E-state index in [-0.39, 0.29) is 11.1 Å². The fraction of sp³-hybridized carbons (Fsp3) is 0.125. The largest absolute Gasteiger partial charge is 0.486 e. The Balaban J connectivity index is 1.91. The number of aromatic nitrogens is 3. The number of rotatable bonds is 2. The number of nitrogens with one attached hydrogen (secondary N) is 1. The lowest BCUT2D eigenvalue weighted by atomic mass is 10.1. The van der Waals surface area contributed by atoms with Gasteiger partial charge in [0.15, 0.2) is 17.2 Å². The van der Waals surface area contributed by atoms with Gasteiger partial charge in [0.1, 0.15) is 30.4 Å². The highest BCUT2D eigenvalue weighted by molar-refractivity contribution is 5.91. The van der Waals surface area contributed by atoms with Gasteiger partial charge in [-0.25, -0.2) is 9.31 Å². The Kier molecular flexibility index (Phi) is 3.18.